The van der Waals surface area contributed by atoms with Gasteiger partial charge in [0.1, 0.15) is 11.3 Å². The van der Waals surface area contributed by atoms with Gasteiger partial charge in [-0.2, -0.15) is 0 Å². The van der Waals surface area contributed by atoms with E-state index in [1.54, 1.807) is 22.9 Å². The van der Waals surface area contributed by atoms with Crippen LogP contribution in [0.5, 0.6) is 0 Å². The van der Waals surface area contributed by atoms with E-state index in [1.807, 2.05) is 6.07 Å². The van der Waals surface area contributed by atoms with Crippen LogP contribution in [0.25, 0.3) is 5.65 Å². The Kier molecular flexibility index (Phi) is 5.93. The summed E-state index contributed by atoms with van der Waals surface area (Å²) in [6.45, 7) is 3.97. The molecule has 4 rings (SSSR count). The Hall–Kier alpha value is -2.37. The first-order chi connectivity index (χ1) is 13.7. The molecule has 0 unspecified atom stereocenters. The average Bonchev–Trinajstić information content (AvgIpc) is 3.13. The standard InChI is InChI=1S/C22H25ClN4O/c23-19-6-7-21-25-20(16-27(21)15-19)22(28)24-11-8-17-9-12-26(13-10-17)14-18-4-2-1-3-5-18/h1-7,15-17H,8-14H2,(H,24,28). The van der Waals surface area contributed by atoms with Crippen LogP contribution < -0.4 is 5.32 Å². The van der Waals surface area contributed by atoms with Gasteiger partial charge < -0.3 is 9.72 Å². The van der Waals surface area contributed by atoms with Gasteiger partial charge >= 0.3 is 0 Å². The van der Waals surface area contributed by atoms with Gasteiger partial charge in [-0.05, 0) is 56.0 Å². The second kappa shape index (κ2) is 8.76. The first kappa shape index (κ1) is 19.0. The van der Waals surface area contributed by atoms with E-state index in [-0.39, 0.29) is 5.91 Å². The zero-order valence-electron chi connectivity index (χ0n) is 15.9. The van der Waals surface area contributed by atoms with Crippen molar-refractivity contribution in [2.45, 2.75) is 25.8 Å². The Morgan fingerprint density at radius 2 is 1.89 bits per heavy atom. The molecule has 3 heterocycles. The number of imidazole rings is 1. The molecule has 28 heavy (non-hydrogen) atoms. The van der Waals surface area contributed by atoms with Crippen LogP contribution in [0.4, 0.5) is 0 Å². The number of benzene rings is 1. The van der Waals surface area contributed by atoms with Crippen LogP contribution in [0.3, 0.4) is 0 Å². The van der Waals surface area contributed by atoms with Gasteiger partial charge in [-0.25, -0.2) is 4.98 Å². The number of hydrogen-bond acceptors (Lipinski definition) is 3. The number of pyridine rings is 1. The third-order valence-corrected chi connectivity index (χ3v) is 5.67. The van der Waals surface area contributed by atoms with E-state index in [0.29, 0.717) is 23.2 Å². The molecule has 0 saturated carbocycles. The average molecular weight is 397 g/mol. The number of carbonyl (C=O) groups excluding carboxylic acids is 1. The van der Waals surface area contributed by atoms with Crippen LogP contribution in [0.2, 0.25) is 5.02 Å². The highest BCUT2D eigenvalue weighted by atomic mass is 35.5. The van der Waals surface area contributed by atoms with Crippen LogP contribution in [-0.2, 0) is 6.54 Å². The Morgan fingerprint density at radius 1 is 1.11 bits per heavy atom. The summed E-state index contributed by atoms with van der Waals surface area (Å²) < 4.78 is 1.78. The fourth-order valence-corrected chi connectivity index (χ4v) is 4.00. The highest BCUT2D eigenvalue weighted by molar-refractivity contribution is 6.30. The fraction of sp³-hybridized carbons (Fsp3) is 0.364. The van der Waals surface area contributed by atoms with Crippen molar-refractivity contribution in [3.05, 3.63) is 71.1 Å². The first-order valence-corrected chi connectivity index (χ1v) is 10.2. The zero-order valence-corrected chi connectivity index (χ0v) is 16.6. The Labute approximate surface area is 170 Å². The molecule has 6 heteroatoms. The lowest BCUT2D eigenvalue weighted by Gasteiger charge is -2.32. The van der Waals surface area contributed by atoms with Crippen LogP contribution in [0, 0.1) is 5.92 Å². The van der Waals surface area contributed by atoms with Crippen molar-refractivity contribution in [3.8, 4) is 0 Å². The predicted octanol–water partition coefficient (Wildman–Crippen LogP) is 4.02. The number of likely N-dealkylation sites (tertiary alicyclic amines) is 1. The number of amides is 1. The summed E-state index contributed by atoms with van der Waals surface area (Å²) in [5.41, 5.74) is 2.53. The van der Waals surface area contributed by atoms with Crippen LogP contribution in [0.15, 0.2) is 54.9 Å². The Bertz CT molecular complexity index is 932. The number of piperidine rings is 1. The summed E-state index contributed by atoms with van der Waals surface area (Å²) in [7, 11) is 0. The van der Waals surface area contributed by atoms with Crippen molar-refractivity contribution in [2.75, 3.05) is 19.6 Å². The SMILES string of the molecule is O=C(NCCC1CCN(Cc2ccccc2)CC1)c1cn2cc(Cl)ccc2n1. The van der Waals surface area contributed by atoms with Crippen molar-refractivity contribution in [3.63, 3.8) is 0 Å². The molecule has 1 N–H and O–H groups in total. The number of aromatic nitrogens is 2. The smallest absolute Gasteiger partial charge is 0.271 e. The normalized spacial score (nSPS) is 15.8. The second-order valence-corrected chi connectivity index (χ2v) is 7.93. The van der Waals surface area contributed by atoms with Crippen molar-refractivity contribution < 1.29 is 4.79 Å². The molecule has 0 radical (unpaired) electrons. The monoisotopic (exact) mass is 396 g/mol. The van der Waals surface area contributed by atoms with Gasteiger partial charge in [0, 0.05) is 25.5 Å². The second-order valence-electron chi connectivity index (χ2n) is 7.49. The van der Waals surface area contributed by atoms with Gasteiger partial charge in [-0.1, -0.05) is 41.9 Å². The van der Waals surface area contributed by atoms with Gasteiger partial charge in [0.15, 0.2) is 0 Å². The molecule has 0 atom stereocenters. The number of rotatable bonds is 6. The predicted molar refractivity (Wildman–Crippen MR) is 112 cm³/mol. The maximum atomic E-state index is 12.4. The minimum absolute atomic E-state index is 0.124. The summed E-state index contributed by atoms with van der Waals surface area (Å²) in [6.07, 6.45) is 6.87. The summed E-state index contributed by atoms with van der Waals surface area (Å²) >= 11 is 5.98. The van der Waals surface area contributed by atoms with Gasteiger partial charge in [-0.15, -0.1) is 0 Å². The topological polar surface area (TPSA) is 49.6 Å². The van der Waals surface area contributed by atoms with E-state index >= 15 is 0 Å². The molecule has 1 saturated heterocycles. The van der Waals surface area contributed by atoms with Crippen LogP contribution in [-0.4, -0.2) is 39.8 Å². The van der Waals surface area contributed by atoms with E-state index < -0.39 is 0 Å². The third-order valence-electron chi connectivity index (χ3n) is 5.44. The zero-order chi connectivity index (χ0) is 19.3. The highest BCUT2D eigenvalue weighted by Crippen LogP contribution is 2.21. The van der Waals surface area contributed by atoms with Gasteiger partial charge in [0.25, 0.3) is 5.91 Å². The van der Waals surface area contributed by atoms with Gasteiger partial charge in [0.05, 0.1) is 5.02 Å². The molecule has 1 aliphatic heterocycles. The third kappa shape index (κ3) is 4.72. The van der Waals surface area contributed by atoms with Gasteiger partial charge in [-0.3, -0.25) is 9.69 Å². The number of carbonyl (C=O) groups is 1. The number of halogens is 1. The molecular formula is C22H25ClN4O. The lowest BCUT2D eigenvalue weighted by molar-refractivity contribution is 0.0943. The summed E-state index contributed by atoms with van der Waals surface area (Å²) in [6, 6.07) is 14.2. The summed E-state index contributed by atoms with van der Waals surface area (Å²) in [5.74, 6) is 0.550. The number of nitrogens with one attached hydrogen (secondary N) is 1. The number of nitrogens with zero attached hydrogens (tertiary/aromatic N) is 3. The van der Waals surface area contributed by atoms with Crippen LogP contribution in [0.1, 0.15) is 35.3 Å². The van der Waals surface area contributed by atoms with E-state index in [4.69, 9.17) is 11.6 Å². The van der Waals surface area contributed by atoms with Crippen molar-refractivity contribution in [2.24, 2.45) is 5.92 Å². The number of fused-ring (bicyclic) bond motifs is 1. The molecule has 0 spiro atoms. The molecule has 5 nitrogen and oxygen atoms in total. The summed E-state index contributed by atoms with van der Waals surface area (Å²) in [4.78, 5) is 19.2. The molecular weight excluding hydrogens is 372 g/mol. The molecule has 1 aromatic carbocycles. The van der Waals surface area contributed by atoms with Crippen molar-refractivity contribution in [1.29, 1.82) is 0 Å². The molecule has 3 aromatic rings. The molecule has 0 aliphatic carbocycles. The lowest BCUT2D eigenvalue weighted by Crippen LogP contribution is -2.34. The largest absolute Gasteiger partial charge is 0.351 e. The fourth-order valence-electron chi connectivity index (χ4n) is 3.83. The minimum Gasteiger partial charge on any atom is -0.351 e. The van der Waals surface area contributed by atoms with Crippen LogP contribution >= 0.6 is 11.6 Å². The maximum absolute atomic E-state index is 12.4. The van der Waals surface area contributed by atoms with Crippen molar-refractivity contribution in [1.82, 2.24) is 19.6 Å². The maximum Gasteiger partial charge on any atom is 0.271 e. The number of hydrogen-bond donors (Lipinski definition) is 1. The van der Waals surface area contributed by atoms with Gasteiger partial charge in [0.2, 0.25) is 0 Å². The van der Waals surface area contributed by atoms with E-state index in [1.165, 1.54) is 18.4 Å². The van der Waals surface area contributed by atoms with E-state index in [2.05, 4.69) is 45.5 Å². The lowest BCUT2D eigenvalue weighted by atomic mass is 9.93. The first-order valence-electron chi connectivity index (χ1n) is 9.86. The Balaban J connectivity index is 1.20. The molecule has 2 aromatic heterocycles. The molecule has 1 amide bonds. The molecule has 1 aliphatic rings. The van der Waals surface area contributed by atoms with E-state index in [9.17, 15) is 4.79 Å². The minimum atomic E-state index is -0.124. The molecule has 0 bridgehead atoms. The molecule has 146 valence electrons. The molecule has 1 fully saturated rings. The Morgan fingerprint density at radius 3 is 2.68 bits per heavy atom. The quantitative estimate of drug-likeness (QED) is 0.684. The van der Waals surface area contributed by atoms with Crippen molar-refractivity contribution >= 4 is 23.2 Å². The van der Waals surface area contributed by atoms with E-state index in [0.717, 1.165) is 31.7 Å². The highest BCUT2D eigenvalue weighted by Gasteiger charge is 2.19. The summed E-state index contributed by atoms with van der Waals surface area (Å²) in [5, 5.41) is 3.63.